The Hall–Kier alpha value is -3.14. The first kappa shape index (κ1) is 16.7. The van der Waals surface area contributed by atoms with E-state index < -0.39 is 0 Å². The molecule has 0 saturated carbocycles. The predicted octanol–water partition coefficient (Wildman–Crippen LogP) is 1.94. The number of hydrogen-bond donors (Lipinski definition) is 1. The molecule has 0 aliphatic carbocycles. The Kier molecular flexibility index (Phi) is 5.09. The molecule has 1 aliphatic rings. The highest BCUT2D eigenvalue weighted by molar-refractivity contribution is 5.75. The summed E-state index contributed by atoms with van der Waals surface area (Å²) in [6.07, 6.45) is 5.06. The molecule has 0 spiro atoms. The molecule has 1 atom stereocenters. The minimum absolute atomic E-state index is 0.0735. The van der Waals surface area contributed by atoms with Gasteiger partial charge in [-0.05, 0) is 24.6 Å². The molecule has 7 nitrogen and oxygen atoms in total. The quantitative estimate of drug-likeness (QED) is 0.926. The van der Waals surface area contributed by atoms with Crippen molar-refractivity contribution in [1.82, 2.24) is 20.2 Å². The van der Waals surface area contributed by atoms with Crippen molar-refractivity contribution in [2.24, 2.45) is 0 Å². The summed E-state index contributed by atoms with van der Waals surface area (Å²) >= 11 is 0. The van der Waals surface area contributed by atoms with Gasteiger partial charge in [0.25, 0.3) is 0 Å². The number of amides is 2. The lowest BCUT2D eigenvalue weighted by molar-refractivity contribution is 0.191. The van der Waals surface area contributed by atoms with Crippen molar-refractivity contribution in [3.8, 4) is 6.07 Å². The van der Waals surface area contributed by atoms with Crippen LogP contribution in [-0.4, -0.2) is 47.1 Å². The summed E-state index contributed by atoms with van der Waals surface area (Å²) in [7, 11) is 0. The van der Waals surface area contributed by atoms with Crippen LogP contribution in [0.2, 0.25) is 0 Å². The van der Waals surface area contributed by atoms with Gasteiger partial charge in [0.2, 0.25) is 0 Å². The van der Waals surface area contributed by atoms with Gasteiger partial charge >= 0.3 is 6.03 Å². The van der Waals surface area contributed by atoms with Gasteiger partial charge in [0, 0.05) is 38.6 Å². The van der Waals surface area contributed by atoms with E-state index in [1.165, 1.54) is 0 Å². The first-order valence-corrected chi connectivity index (χ1v) is 8.24. The Morgan fingerprint density at radius 2 is 1.92 bits per heavy atom. The summed E-state index contributed by atoms with van der Waals surface area (Å²) in [5.41, 5.74) is 1.59. The number of nitrogens with zero attached hydrogens (tertiary/aromatic N) is 5. The SMILES string of the molecule is CC(NC(=O)N1CCN(c2cnccn2)CC1)c1ccc(C#N)cc1. The summed E-state index contributed by atoms with van der Waals surface area (Å²) in [5, 5.41) is 11.9. The molecule has 128 valence electrons. The molecular formula is C18H20N6O. The molecule has 1 aromatic heterocycles. The van der Waals surface area contributed by atoms with Crippen LogP contribution in [0.3, 0.4) is 0 Å². The average Bonchev–Trinajstić information content (AvgIpc) is 2.68. The number of urea groups is 1. The van der Waals surface area contributed by atoms with Gasteiger partial charge in [0.1, 0.15) is 5.82 Å². The van der Waals surface area contributed by atoms with Gasteiger partial charge in [-0.3, -0.25) is 4.98 Å². The molecule has 1 unspecified atom stereocenters. The van der Waals surface area contributed by atoms with Crippen molar-refractivity contribution in [3.05, 3.63) is 54.0 Å². The highest BCUT2D eigenvalue weighted by Gasteiger charge is 2.23. The van der Waals surface area contributed by atoms with Gasteiger partial charge in [-0.2, -0.15) is 5.26 Å². The maximum absolute atomic E-state index is 12.5. The molecule has 1 saturated heterocycles. The standard InChI is InChI=1S/C18H20N6O/c1-14(16-4-2-15(12-19)3-5-16)22-18(25)24-10-8-23(9-11-24)17-13-20-6-7-21-17/h2-7,13-14H,8-11H2,1H3,(H,22,25). The fourth-order valence-electron chi connectivity index (χ4n) is 2.80. The number of nitriles is 1. The van der Waals surface area contributed by atoms with Gasteiger partial charge in [0.15, 0.2) is 0 Å². The molecule has 25 heavy (non-hydrogen) atoms. The lowest BCUT2D eigenvalue weighted by Gasteiger charge is -2.35. The van der Waals surface area contributed by atoms with Crippen LogP contribution in [0.4, 0.5) is 10.6 Å². The number of hydrogen-bond acceptors (Lipinski definition) is 5. The Bertz CT molecular complexity index is 747. The van der Waals surface area contributed by atoms with E-state index >= 15 is 0 Å². The molecule has 0 bridgehead atoms. The molecule has 2 aromatic rings. The second-order valence-electron chi connectivity index (χ2n) is 5.94. The van der Waals surface area contributed by atoms with Crippen molar-refractivity contribution in [2.75, 3.05) is 31.1 Å². The van der Waals surface area contributed by atoms with Gasteiger partial charge < -0.3 is 15.1 Å². The number of rotatable bonds is 3. The van der Waals surface area contributed by atoms with E-state index in [1.54, 1.807) is 30.7 Å². The topological polar surface area (TPSA) is 85.2 Å². The van der Waals surface area contributed by atoms with Crippen molar-refractivity contribution < 1.29 is 4.79 Å². The summed E-state index contributed by atoms with van der Waals surface area (Å²) in [6, 6.07) is 9.17. The fraction of sp³-hybridized carbons (Fsp3) is 0.333. The van der Waals surface area contributed by atoms with Crippen molar-refractivity contribution in [3.63, 3.8) is 0 Å². The van der Waals surface area contributed by atoms with Crippen molar-refractivity contribution in [1.29, 1.82) is 5.26 Å². The summed E-state index contributed by atoms with van der Waals surface area (Å²) in [6.45, 7) is 4.69. The van der Waals surface area contributed by atoms with Crippen LogP contribution in [0, 0.1) is 11.3 Å². The average molecular weight is 336 g/mol. The van der Waals surface area contributed by atoms with E-state index in [4.69, 9.17) is 5.26 Å². The van der Waals surface area contributed by atoms with E-state index in [-0.39, 0.29) is 12.1 Å². The zero-order valence-electron chi connectivity index (χ0n) is 14.1. The number of carbonyl (C=O) groups is 1. The van der Waals surface area contributed by atoms with Crippen LogP contribution in [0.15, 0.2) is 42.9 Å². The number of aromatic nitrogens is 2. The second kappa shape index (κ2) is 7.62. The van der Waals surface area contributed by atoms with Crippen LogP contribution in [0.25, 0.3) is 0 Å². The summed E-state index contributed by atoms with van der Waals surface area (Å²) in [5.74, 6) is 0.841. The molecule has 3 rings (SSSR count). The third kappa shape index (κ3) is 4.04. The van der Waals surface area contributed by atoms with E-state index in [1.807, 2.05) is 24.0 Å². The zero-order valence-corrected chi connectivity index (χ0v) is 14.1. The Morgan fingerprint density at radius 1 is 1.20 bits per heavy atom. The maximum Gasteiger partial charge on any atom is 0.317 e. The molecule has 1 N–H and O–H groups in total. The number of nitrogens with one attached hydrogen (secondary N) is 1. The van der Waals surface area contributed by atoms with Crippen LogP contribution in [0.5, 0.6) is 0 Å². The predicted molar refractivity (Wildman–Crippen MR) is 93.9 cm³/mol. The third-order valence-corrected chi connectivity index (χ3v) is 4.32. The zero-order chi connectivity index (χ0) is 17.6. The fourth-order valence-corrected chi connectivity index (χ4v) is 2.80. The number of carbonyl (C=O) groups excluding carboxylic acids is 1. The van der Waals surface area contributed by atoms with Gasteiger partial charge in [0.05, 0.1) is 23.9 Å². The third-order valence-electron chi connectivity index (χ3n) is 4.32. The molecule has 0 radical (unpaired) electrons. The minimum atomic E-state index is -0.113. The Balaban J connectivity index is 1.53. The van der Waals surface area contributed by atoms with Crippen LogP contribution < -0.4 is 10.2 Å². The van der Waals surface area contributed by atoms with Crippen LogP contribution >= 0.6 is 0 Å². The minimum Gasteiger partial charge on any atom is -0.352 e. The molecule has 1 aromatic carbocycles. The van der Waals surface area contributed by atoms with E-state index in [0.29, 0.717) is 18.7 Å². The highest BCUT2D eigenvalue weighted by Crippen LogP contribution is 2.15. The van der Waals surface area contributed by atoms with E-state index in [2.05, 4.69) is 26.3 Å². The Morgan fingerprint density at radius 3 is 2.52 bits per heavy atom. The largest absolute Gasteiger partial charge is 0.352 e. The van der Waals surface area contributed by atoms with Crippen molar-refractivity contribution in [2.45, 2.75) is 13.0 Å². The van der Waals surface area contributed by atoms with Gasteiger partial charge in [-0.25, -0.2) is 9.78 Å². The van der Waals surface area contributed by atoms with Gasteiger partial charge in [-0.1, -0.05) is 12.1 Å². The second-order valence-corrected chi connectivity index (χ2v) is 5.94. The summed E-state index contributed by atoms with van der Waals surface area (Å²) in [4.78, 5) is 24.8. The summed E-state index contributed by atoms with van der Waals surface area (Å²) < 4.78 is 0. The first-order valence-electron chi connectivity index (χ1n) is 8.24. The van der Waals surface area contributed by atoms with E-state index in [9.17, 15) is 4.79 Å². The number of anilines is 1. The lowest BCUT2D eigenvalue weighted by atomic mass is 10.1. The molecule has 2 heterocycles. The lowest BCUT2D eigenvalue weighted by Crippen LogP contribution is -2.52. The van der Waals surface area contributed by atoms with Crippen molar-refractivity contribution >= 4 is 11.8 Å². The van der Waals surface area contributed by atoms with Crippen LogP contribution in [0.1, 0.15) is 24.1 Å². The number of piperazine rings is 1. The molecule has 7 heteroatoms. The van der Waals surface area contributed by atoms with Crippen LogP contribution in [-0.2, 0) is 0 Å². The van der Waals surface area contributed by atoms with E-state index in [0.717, 1.165) is 24.5 Å². The molecular weight excluding hydrogens is 316 g/mol. The molecule has 1 fully saturated rings. The molecule has 2 amide bonds. The smallest absolute Gasteiger partial charge is 0.317 e. The highest BCUT2D eigenvalue weighted by atomic mass is 16.2. The Labute approximate surface area is 146 Å². The number of benzene rings is 1. The normalized spacial score (nSPS) is 15.4. The first-order chi connectivity index (χ1) is 12.2. The van der Waals surface area contributed by atoms with Gasteiger partial charge in [-0.15, -0.1) is 0 Å². The maximum atomic E-state index is 12.5. The molecule has 1 aliphatic heterocycles. The monoisotopic (exact) mass is 336 g/mol.